The lowest BCUT2D eigenvalue weighted by Crippen LogP contribution is -2.23. The number of aromatic hydroxyl groups is 2. The van der Waals surface area contributed by atoms with Gasteiger partial charge in [-0.3, -0.25) is 19.6 Å². The maximum Gasteiger partial charge on any atom is 0.231 e. The largest absolute Gasteiger partial charge is 0.507 e. The highest BCUT2D eigenvalue weighted by molar-refractivity contribution is 6.28. The summed E-state index contributed by atoms with van der Waals surface area (Å²) in [6.45, 7) is 0. The first kappa shape index (κ1) is 10.4. The van der Waals surface area contributed by atoms with E-state index >= 15 is 0 Å². The zero-order chi connectivity index (χ0) is 12.9. The molecule has 0 aliphatic heterocycles. The minimum Gasteiger partial charge on any atom is -0.507 e. The summed E-state index contributed by atoms with van der Waals surface area (Å²) in [5.41, 5.74) is -0.687. The number of ketones is 2. The Hall–Kier alpha value is -2.76. The molecule has 6 heteroatoms. The number of hydrogen-bond acceptors (Lipinski definition) is 6. The summed E-state index contributed by atoms with van der Waals surface area (Å²) in [5.74, 6) is -1.93. The number of fused-ring (bicyclic) bond motifs is 2. The van der Waals surface area contributed by atoms with Gasteiger partial charge in [-0.05, 0) is 12.1 Å². The third kappa shape index (κ3) is 1.17. The number of carbonyl (C=O) groups is 2. The Balaban J connectivity index is 2.40. The minimum absolute atomic E-state index is 0.148. The van der Waals surface area contributed by atoms with Crippen molar-refractivity contribution in [3.05, 3.63) is 47.0 Å². The normalized spacial score (nSPS) is 13.1. The van der Waals surface area contributed by atoms with Crippen LogP contribution in [0.2, 0.25) is 0 Å². The van der Waals surface area contributed by atoms with E-state index in [1.54, 1.807) is 0 Å². The molecule has 3 rings (SSSR count). The molecule has 0 aromatic carbocycles. The fourth-order valence-electron chi connectivity index (χ4n) is 1.93. The molecule has 0 saturated carbocycles. The Kier molecular flexibility index (Phi) is 1.94. The Morgan fingerprint density at radius 2 is 1.22 bits per heavy atom. The van der Waals surface area contributed by atoms with E-state index < -0.39 is 11.6 Å². The number of nitrogens with zero attached hydrogens (tertiary/aromatic N) is 2. The molecule has 2 heterocycles. The highest BCUT2D eigenvalue weighted by atomic mass is 16.3. The van der Waals surface area contributed by atoms with Crippen molar-refractivity contribution >= 4 is 11.6 Å². The SMILES string of the molecule is O=C1c2nccc(O)c2C(=O)c2c(O)ccnc21. The van der Waals surface area contributed by atoms with Crippen LogP contribution in [0.1, 0.15) is 32.1 Å². The molecule has 0 saturated heterocycles. The van der Waals surface area contributed by atoms with E-state index in [1.807, 2.05) is 0 Å². The van der Waals surface area contributed by atoms with Crippen LogP contribution >= 0.6 is 0 Å². The van der Waals surface area contributed by atoms with Crippen molar-refractivity contribution in [3.63, 3.8) is 0 Å². The van der Waals surface area contributed by atoms with E-state index in [-0.39, 0.29) is 34.0 Å². The minimum atomic E-state index is -0.657. The Labute approximate surface area is 101 Å². The maximum absolute atomic E-state index is 12.1. The molecule has 1 aliphatic carbocycles. The second-order valence-electron chi connectivity index (χ2n) is 3.77. The predicted octanol–water partition coefficient (Wildman–Crippen LogP) is 0.663. The van der Waals surface area contributed by atoms with Crippen molar-refractivity contribution in [2.75, 3.05) is 0 Å². The van der Waals surface area contributed by atoms with Crippen molar-refractivity contribution < 1.29 is 19.8 Å². The zero-order valence-electron chi connectivity index (χ0n) is 8.91. The highest BCUT2D eigenvalue weighted by Crippen LogP contribution is 2.33. The van der Waals surface area contributed by atoms with Gasteiger partial charge in [-0.25, -0.2) is 0 Å². The molecule has 0 fully saturated rings. The van der Waals surface area contributed by atoms with Crippen LogP contribution in [0.5, 0.6) is 11.5 Å². The van der Waals surface area contributed by atoms with E-state index in [9.17, 15) is 19.8 Å². The van der Waals surface area contributed by atoms with Gasteiger partial charge in [-0.1, -0.05) is 0 Å². The standard InChI is InChI=1S/C12H6N2O4/c15-5-1-3-13-9-7(5)11(17)8-6(16)2-4-14-10(8)12(9)18/h1-4H,(H,13,15)(H,14,16). The Morgan fingerprint density at radius 3 is 1.67 bits per heavy atom. The van der Waals surface area contributed by atoms with Gasteiger partial charge < -0.3 is 10.2 Å². The summed E-state index contributed by atoms with van der Waals surface area (Å²) in [4.78, 5) is 31.8. The lowest BCUT2D eigenvalue weighted by molar-refractivity contribution is 0.0966. The van der Waals surface area contributed by atoms with Crippen LogP contribution in [0.4, 0.5) is 0 Å². The Morgan fingerprint density at radius 1 is 0.778 bits per heavy atom. The van der Waals surface area contributed by atoms with E-state index in [4.69, 9.17) is 0 Å². The van der Waals surface area contributed by atoms with Crippen LogP contribution in [0.15, 0.2) is 24.5 Å². The quantitative estimate of drug-likeness (QED) is 0.600. The van der Waals surface area contributed by atoms with Crippen molar-refractivity contribution in [1.82, 2.24) is 9.97 Å². The Bertz CT molecular complexity index is 652. The van der Waals surface area contributed by atoms with Gasteiger partial charge in [0.2, 0.25) is 11.6 Å². The summed E-state index contributed by atoms with van der Waals surface area (Å²) in [6.07, 6.45) is 2.46. The lowest BCUT2D eigenvalue weighted by Gasteiger charge is -2.16. The zero-order valence-corrected chi connectivity index (χ0v) is 8.91. The first-order valence-corrected chi connectivity index (χ1v) is 5.06. The summed E-state index contributed by atoms with van der Waals surface area (Å²) < 4.78 is 0. The van der Waals surface area contributed by atoms with Crippen molar-refractivity contribution in [2.45, 2.75) is 0 Å². The molecular formula is C12H6N2O4. The average molecular weight is 242 g/mol. The number of aromatic nitrogens is 2. The van der Waals surface area contributed by atoms with Gasteiger partial charge in [0.25, 0.3) is 0 Å². The van der Waals surface area contributed by atoms with Crippen molar-refractivity contribution in [3.8, 4) is 11.5 Å². The topological polar surface area (TPSA) is 100 Å². The van der Waals surface area contributed by atoms with Crippen LogP contribution in [0, 0.1) is 0 Å². The molecule has 0 atom stereocenters. The highest BCUT2D eigenvalue weighted by Gasteiger charge is 2.36. The smallest absolute Gasteiger partial charge is 0.231 e. The predicted molar refractivity (Wildman–Crippen MR) is 58.7 cm³/mol. The maximum atomic E-state index is 12.1. The van der Waals surface area contributed by atoms with E-state index in [0.29, 0.717) is 0 Å². The molecule has 0 spiro atoms. The molecular weight excluding hydrogens is 236 g/mol. The molecule has 0 bridgehead atoms. The second kappa shape index (κ2) is 3.36. The number of carbonyl (C=O) groups excluding carboxylic acids is 2. The summed E-state index contributed by atoms with van der Waals surface area (Å²) in [5, 5.41) is 19.3. The summed E-state index contributed by atoms with van der Waals surface area (Å²) in [7, 11) is 0. The molecule has 2 N–H and O–H groups in total. The van der Waals surface area contributed by atoms with Crippen LogP contribution in [-0.2, 0) is 0 Å². The fourth-order valence-corrected chi connectivity index (χ4v) is 1.93. The van der Waals surface area contributed by atoms with Gasteiger partial charge in [0, 0.05) is 12.4 Å². The second-order valence-corrected chi connectivity index (χ2v) is 3.77. The van der Waals surface area contributed by atoms with Crippen molar-refractivity contribution in [2.24, 2.45) is 0 Å². The van der Waals surface area contributed by atoms with Crippen LogP contribution < -0.4 is 0 Å². The van der Waals surface area contributed by atoms with E-state index in [0.717, 1.165) is 0 Å². The molecule has 18 heavy (non-hydrogen) atoms. The summed E-state index contributed by atoms with van der Waals surface area (Å²) >= 11 is 0. The van der Waals surface area contributed by atoms with Gasteiger partial charge in [-0.15, -0.1) is 0 Å². The van der Waals surface area contributed by atoms with Gasteiger partial charge in [-0.2, -0.15) is 0 Å². The monoisotopic (exact) mass is 242 g/mol. The fraction of sp³-hybridized carbons (Fsp3) is 0. The van der Waals surface area contributed by atoms with Gasteiger partial charge in [0.1, 0.15) is 22.9 Å². The lowest BCUT2D eigenvalue weighted by atomic mass is 9.89. The van der Waals surface area contributed by atoms with E-state index in [2.05, 4.69) is 9.97 Å². The molecule has 0 unspecified atom stereocenters. The molecule has 1 aliphatic rings. The molecule has 2 aromatic rings. The summed E-state index contributed by atoms with van der Waals surface area (Å²) in [6, 6.07) is 2.42. The number of rotatable bonds is 0. The van der Waals surface area contributed by atoms with Crippen LogP contribution in [0.3, 0.4) is 0 Å². The van der Waals surface area contributed by atoms with Gasteiger partial charge >= 0.3 is 0 Å². The number of hydrogen-bond donors (Lipinski definition) is 2. The average Bonchev–Trinajstić information content (AvgIpc) is 2.35. The number of pyridine rings is 2. The first-order valence-electron chi connectivity index (χ1n) is 5.06. The van der Waals surface area contributed by atoms with Crippen LogP contribution in [0.25, 0.3) is 0 Å². The molecule has 88 valence electrons. The van der Waals surface area contributed by atoms with Gasteiger partial charge in [0.05, 0.1) is 11.1 Å². The third-order valence-corrected chi connectivity index (χ3v) is 2.74. The van der Waals surface area contributed by atoms with Crippen LogP contribution in [-0.4, -0.2) is 31.7 Å². The van der Waals surface area contributed by atoms with Crippen molar-refractivity contribution in [1.29, 1.82) is 0 Å². The first-order chi connectivity index (χ1) is 8.61. The molecule has 0 radical (unpaired) electrons. The third-order valence-electron chi connectivity index (χ3n) is 2.74. The van der Waals surface area contributed by atoms with E-state index in [1.165, 1.54) is 24.5 Å². The molecule has 0 amide bonds. The molecule has 2 aromatic heterocycles. The van der Waals surface area contributed by atoms with Gasteiger partial charge in [0.15, 0.2) is 0 Å². The molecule has 6 nitrogen and oxygen atoms in total.